The summed E-state index contributed by atoms with van der Waals surface area (Å²) in [6, 6.07) is 2.35. The standard InChI is InChI=1S/C15H16FN3O4/c16-9-5-10(13-11(6-9)17-8-18-13)14(22)19-15(7-12(20)21)1-3-23-4-2-15/h5-6,8H,1-4,7H2,(H,17,18)(H,19,22)(H,20,21). The van der Waals surface area contributed by atoms with Gasteiger partial charge in [0.15, 0.2) is 0 Å². The zero-order valence-corrected chi connectivity index (χ0v) is 12.3. The number of hydrogen-bond donors (Lipinski definition) is 3. The number of aliphatic carboxylic acids is 1. The summed E-state index contributed by atoms with van der Waals surface area (Å²) in [5.41, 5.74) is -0.0517. The molecule has 122 valence electrons. The minimum atomic E-state index is -1.00. The Labute approximate surface area is 130 Å². The summed E-state index contributed by atoms with van der Waals surface area (Å²) in [4.78, 5) is 30.5. The molecular formula is C15H16FN3O4. The second-order valence-electron chi connectivity index (χ2n) is 5.67. The molecule has 1 aliphatic heterocycles. The van der Waals surface area contributed by atoms with Crippen LogP contribution in [0, 0.1) is 5.82 Å². The number of imidazole rings is 1. The highest BCUT2D eigenvalue weighted by Gasteiger charge is 2.37. The van der Waals surface area contributed by atoms with E-state index in [0.29, 0.717) is 37.1 Å². The molecule has 23 heavy (non-hydrogen) atoms. The number of H-pyrrole nitrogens is 1. The lowest BCUT2D eigenvalue weighted by Gasteiger charge is -2.36. The molecule has 0 spiro atoms. The van der Waals surface area contributed by atoms with Gasteiger partial charge in [-0.15, -0.1) is 0 Å². The van der Waals surface area contributed by atoms with Crippen molar-refractivity contribution in [3.63, 3.8) is 0 Å². The molecule has 0 saturated carbocycles. The lowest BCUT2D eigenvalue weighted by Crippen LogP contribution is -2.53. The zero-order valence-electron chi connectivity index (χ0n) is 12.3. The van der Waals surface area contributed by atoms with Gasteiger partial charge in [0.05, 0.1) is 29.4 Å². The fraction of sp³-hybridized carbons (Fsp3) is 0.400. The highest BCUT2D eigenvalue weighted by molar-refractivity contribution is 6.05. The van der Waals surface area contributed by atoms with Crippen LogP contribution in [-0.4, -0.2) is 45.7 Å². The maximum atomic E-state index is 13.7. The first-order chi connectivity index (χ1) is 11.0. The molecule has 0 unspecified atom stereocenters. The van der Waals surface area contributed by atoms with E-state index in [-0.39, 0.29) is 12.0 Å². The van der Waals surface area contributed by atoms with Crippen LogP contribution >= 0.6 is 0 Å². The van der Waals surface area contributed by atoms with Gasteiger partial charge < -0.3 is 20.1 Å². The lowest BCUT2D eigenvalue weighted by atomic mass is 9.86. The van der Waals surface area contributed by atoms with E-state index >= 15 is 0 Å². The van der Waals surface area contributed by atoms with Crippen LogP contribution in [0.4, 0.5) is 4.39 Å². The lowest BCUT2D eigenvalue weighted by molar-refractivity contribution is -0.139. The van der Waals surface area contributed by atoms with Crippen LogP contribution in [0.2, 0.25) is 0 Å². The summed E-state index contributed by atoms with van der Waals surface area (Å²) in [6.07, 6.45) is 1.96. The predicted octanol–water partition coefficient (Wildman–Crippen LogP) is 1.46. The Kier molecular flexibility index (Phi) is 3.99. The number of fused-ring (bicyclic) bond motifs is 1. The number of nitrogens with zero attached hydrogens (tertiary/aromatic N) is 1. The Balaban J connectivity index is 1.91. The molecule has 1 fully saturated rings. The Morgan fingerprint density at radius 2 is 2.13 bits per heavy atom. The van der Waals surface area contributed by atoms with Crippen LogP contribution in [0.25, 0.3) is 11.0 Å². The Hall–Kier alpha value is -2.48. The number of nitrogens with one attached hydrogen (secondary N) is 2. The number of carbonyl (C=O) groups is 2. The highest BCUT2D eigenvalue weighted by Crippen LogP contribution is 2.26. The number of aromatic nitrogens is 2. The second-order valence-corrected chi connectivity index (χ2v) is 5.67. The smallest absolute Gasteiger partial charge is 0.305 e. The Morgan fingerprint density at radius 1 is 1.39 bits per heavy atom. The summed E-state index contributed by atoms with van der Waals surface area (Å²) in [6.45, 7) is 0.739. The second kappa shape index (κ2) is 5.96. The molecule has 3 rings (SSSR count). The summed E-state index contributed by atoms with van der Waals surface area (Å²) >= 11 is 0. The Bertz CT molecular complexity index is 752. The van der Waals surface area contributed by atoms with Crippen molar-refractivity contribution in [2.45, 2.75) is 24.8 Å². The van der Waals surface area contributed by atoms with Crippen molar-refractivity contribution in [3.8, 4) is 0 Å². The first-order valence-corrected chi connectivity index (χ1v) is 7.24. The van der Waals surface area contributed by atoms with Gasteiger partial charge in [0.25, 0.3) is 5.91 Å². The topological polar surface area (TPSA) is 104 Å². The minimum Gasteiger partial charge on any atom is -0.481 e. The van der Waals surface area contributed by atoms with E-state index < -0.39 is 23.2 Å². The third-order valence-corrected chi connectivity index (χ3v) is 4.05. The molecule has 1 aromatic heterocycles. The summed E-state index contributed by atoms with van der Waals surface area (Å²) in [5.74, 6) is -2.10. The van der Waals surface area contributed by atoms with Crippen LogP contribution in [0.15, 0.2) is 18.5 Å². The summed E-state index contributed by atoms with van der Waals surface area (Å²) in [7, 11) is 0. The SMILES string of the molecule is O=C(O)CC1(NC(=O)c2cc(F)cc3[nH]cnc23)CCOCC1. The Morgan fingerprint density at radius 3 is 2.83 bits per heavy atom. The van der Waals surface area contributed by atoms with Gasteiger partial charge in [-0.2, -0.15) is 0 Å². The van der Waals surface area contributed by atoms with Gasteiger partial charge in [-0.1, -0.05) is 0 Å². The molecular weight excluding hydrogens is 305 g/mol. The van der Waals surface area contributed by atoms with Crippen LogP contribution in [0.1, 0.15) is 29.6 Å². The van der Waals surface area contributed by atoms with Gasteiger partial charge in [-0.05, 0) is 25.0 Å². The number of rotatable bonds is 4. The molecule has 8 heteroatoms. The molecule has 7 nitrogen and oxygen atoms in total. The third-order valence-electron chi connectivity index (χ3n) is 4.05. The molecule has 0 bridgehead atoms. The number of carbonyl (C=O) groups excluding carboxylic acids is 1. The average Bonchev–Trinajstić information content (AvgIpc) is 2.94. The first-order valence-electron chi connectivity index (χ1n) is 7.24. The van der Waals surface area contributed by atoms with Crippen LogP contribution in [0.3, 0.4) is 0 Å². The van der Waals surface area contributed by atoms with Gasteiger partial charge in [-0.25, -0.2) is 9.37 Å². The minimum absolute atomic E-state index is 0.0810. The predicted molar refractivity (Wildman–Crippen MR) is 78.6 cm³/mol. The van der Waals surface area contributed by atoms with E-state index in [1.54, 1.807) is 0 Å². The molecule has 0 atom stereocenters. The highest BCUT2D eigenvalue weighted by atomic mass is 19.1. The van der Waals surface area contributed by atoms with Gasteiger partial charge in [0.1, 0.15) is 11.3 Å². The van der Waals surface area contributed by atoms with Gasteiger partial charge in [-0.3, -0.25) is 9.59 Å². The van der Waals surface area contributed by atoms with E-state index in [4.69, 9.17) is 9.84 Å². The molecule has 1 aromatic carbocycles. The van der Waals surface area contributed by atoms with Crippen molar-refractivity contribution in [1.82, 2.24) is 15.3 Å². The molecule has 1 saturated heterocycles. The number of hydrogen-bond acceptors (Lipinski definition) is 4. The van der Waals surface area contributed by atoms with E-state index in [1.807, 2.05) is 0 Å². The molecule has 2 aromatic rings. The zero-order chi connectivity index (χ0) is 16.4. The monoisotopic (exact) mass is 321 g/mol. The summed E-state index contributed by atoms with van der Waals surface area (Å²) in [5, 5.41) is 11.9. The van der Waals surface area contributed by atoms with Crippen molar-refractivity contribution in [3.05, 3.63) is 29.8 Å². The van der Waals surface area contributed by atoms with Crippen LogP contribution < -0.4 is 5.32 Å². The van der Waals surface area contributed by atoms with Crippen molar-refractivity contribution >= 4 is 22.9 Å². The van der Waals surface area contributed by atoms with Crippen molar-refractivity contribution in [2.24, 2.45) is 0 Å². The number of ether oxygens (including phenoxy) is 1. The van der Waals surface area contributed by atoms with Crippen LogP contribution in [-0.2, 0) is 9.53 Å². The summed E-state index contributed by atoms with van der Waals surface area (Å²) < 4.78 is 18.9. The van der Waals surface area contributed by atoms with Crippen LogP contribution in [0.5, 0.6) is 0 Å². The average molecular weight is 321 g/mol. The largest absolute Gasteiger partial charge is 0.481 e. The number of halogens is 1. The number of carboxylic acids is 1. The first kappa shape index (κ1) is 15.4. The van der Waals surface area contributed by atoms with Crippen molar-refractivity contribution in [2.75, 3.05) is 13.2 Å². The molecule has 3 N–H and O–H groups in total. The normalized spacial score (nSPS) is 17.1. The maximum Gasteiger partial charge on any atom is 0.305 e. The molecule has 1 aliphatic rings. The number of carboxylic acid groups (broad SMARTS) is 1. The van der Waals surface area contributed by atoms with E-state index in [2.05, 4.69) is 15.3 Å². The fourth-order valence-electron chi connectivity index (χ4n) is 2.89. The fourth-order valence-corrected chi connectivity index (χ4v) is 2.89. The van der Waals surface area contributed by atoms with Crippen molar-refractivity contribution in [1.29, 1.82) is 0 Å². The van der Waals surface area contributed by atoms with Gasteiger partial charge in [0, 0.05) is 13.2 Å². The number of amides is 1. The number of benzene rings is 1. The molecule has 0 radical (unpaired) electrons. The maximum absolute atomic E-state index is 13.7. The van der Waals surface area contributed by atoms with E-state index in [1.165, 1.54) is 12.4 Å². The molecule has 2 heterocycles. The van der Waals surface area contributed by atoms with E-state index in [9.17, 15) is 14.0 Å². The molecule has 1 amide bonds. The van der Waals surface area contributed by atoms with Gasteiger partial charge >= 0.3 is 5.97 Å². The van der Waals surface area contributed by atoms with Gasteiger partial charge in [0.2, 0.25) is 0 Å². The van der Waals surface area contributed by atoms with Crippen molar-refractivity contribution < 1.29 is 23.8 Å². The third kappa shape index (κ3) is 3.16. The number of aromatic amines is 1. The van der Waals surface area contributed by atoms with E-state index in [0.717, 1.165) is 6.07 Å². The molecule has 0 aliphatic carbocycles. The quantitative estimate of drug-likeness (QED) is 0.791.